The van der Waals surface area contributed by atoms with E-state index in [1.807, 2.05) is 24.3 Å². The lowest BCUT2D eigenvalue weighted by atomic mass is 10.2. The number of hydrogen-bond donors (Lipinski definition) is 1. The van der Waals surface area contributed by atoms with Crippen molar-refractivity contribution in [2.24, 2.45) is 0 Å². The van der Waals surface area contributed by atoms with Gasteiger partial charge in [-0.15, -0.1) is 10.2 Å². The van der Waals surface area contributed by atoms with Crippen LogP contribution in [0.25, 0.3) is 5.82 Å². The van der Waals surface area contributed by atoms with Crippen molar-refractivity contribution >= 4 is 17.5 Å². The van der Waals surface area contributed by atoms with Crippen molar-refractivity contribution in [2.45, 2.75) is 31.8 Å². The SMILES string of the molecule is O=C(OC1CCCC1)c1ccc(Nc2ccc(-n3ccnc3)nn2)cc1. The van der Waals surface area contributed by atoms with Gasteiger partial charge in [0, 0.05) is 18.1 Å². The van der Waals surface area contributed by atoms with Gasteiger partial charge in [0.15, 0.2) is 11.6 Å². The summed E-state index contributed by atoms with van der Waals surface area (Å²) in [4.78, 5) is 16.1. The van der Waals surface area contributed by atoms with E-state index in [0.717, 1.165) is 31.4 Å². The number of benzene rings is 1. The van der Waals surface area contributed by atoms with Gasteiger partial charge in [-0.1, -0.05) is 0 Å². The first kappa shape index (κ1) is 16.3. The molecule has 3 aromatic rings. The number of aromatic nitrogens is 4. The predicted octanol–water partition coefficient (Wildman–Crippen LogP) is 3.51. The van der Waals surface area contributed by atoms with Gasteiger partial charge in [0.1, 0.15) is 12.4 Å². The van der Waals surface area contributed by atoms with Crippen LogP contribution in [-0.2, 0) is 4.74 Å². The zero-order valence-electron chi connectivity index (χ0n) is 14.2. The largest absolute Gasteiger partial charge is 0.459 e. The van der Waals surface area contributed by atoms with Crippen molar-refractivity contribution < 1.29 is 9.53 Å². The summed E-state index contributed by atoms with van der Waals surface area (Å²) in [7, 11) is 0. The van der Waals surface area contributed by atoms with E-state index in [-0.39, 0.29) is 12.1 Å². The van der Waals surface area contributed by atoms with Crippen LogP contribution in [0.3, 0.4) is 0 Å². The molecule has 0 saturated heterocycles. The van der Waals surface area contributed by atoms with Gasteiger partial charge in [-0.3, -0.25) is 4.57 Å². The highest BCUT2D eigenvalue weighted by molar-refractivity contribution is 5.90. The smallest absolute Gasteiger partial charge is 0.338 e. The zero-order valence-corrected chi connectivity index (χ0v) is 14.2. The first-order chi connectivity index (χ1) is 12.8. The van der Waals surface area contributed by atoms with Crippen LogP contribution in [0, 0.1) is 0 Å². The van der Waals surface area contributed by atoms with E-state index in [9.17, 15) is 4.79 Å². The number of imidazole rings is 1. The second-order valence-electron chi connectivity index (χ2n) is 6.26. The number of esters is 1. The Morgan fingerprint density at radius 2 is 1.88 bits per heavy atom. The first-order valence-corrected chi connectivity index (χ1v) is 8.68. The molecule has 1 aliphatic carbocycles. The van der Waals surface area contributed by atoms with E-state index >= 15 is 0 Å². The molecule has 0 amide bonds. The molecule has 0 radical (unpaired) electrons. The molecule has 0 unspecified atom stereocenters. The number of hydrogen-bond acceptors (Lipinski definition) is 6. The van der Waals surface area contributed by atoms with Gasteiger partial charge in [0.05, 0.1) is 5.56 Å². The third-order valence-electron chi connectivity index (χ3n) is 4.39. The number of nitrogens with zero attached hydrogens (tertiary/aromatic N) is 4. The summed E-state index contributed by atoms with van der Waals surface area (Å²) in [6.45, 7) is 0. The summed E-state index contributed by atoms with van der Waals surface area (Å²) in [5.74, 6) is 1.06. The normalized spacial score (nSPS) is 14.3. The van der Waals surface area contributed by atoms with Crippen molar-refractivity contribution in [3.05, 3.63) is 60.7 Å². The van der Waals surface area contributed by atoms with Gasteiger partial charge in [0.2, 0.25) is 0 Å². The number of carbonyl (C=O) groups is 1. The number of anilines is 2. The van der Waals surface area contributed by atoms with Crippen LogP contribution < -0.4 is 5.32 Å². The molecule has 1 aliphatic rings. The number of ether oxygens (including phenoxy) is 1. The van der Waals surface area contributed by atoms with Crippen LogP contribution in [0.1, 0.15) is 36.0 Å². The van der Waals surface area contributed by atoms with Gasteiger partial charge in [-0.25, -0.2) is 9.78 Å². The lowest BCUT2D eigenvalue weighted by molar-refractivity contribution is 0.0318. The summed E-state index contributed by atoms with van der Waals surface area (Å²) < 4.78 is 7.29. The Hall–Kier alpha value is -3.22. The Labute approximate surface area is 151 Å². The Kier molecular flexibility index (Phi) is 4.59. The fraction of sp³-hybridized carbons (Fsp3) is 0.263. The fourth-order valence-electron chi connectivity index (χ4n) is 2.99. The summed E-state index contributed by atoms with van der Waals surface area (Å²) in [5.41, 5.74) is 1.39. The molecule has 132 valence electrons. The molecule has 7 heteroatoms. The third-order valence-corrected chi connectivity index (χ3v) is 4.39. The van der Waals surface area contributed by atoms with Crippen LogP contribution in [-0.4, -0.2) is 31.8 Å². The van der Waals surface area contributed by atoms with Crippen molar-refractivity contribution in [3.63, 3.8) is 0 Å². The highest BCUT2D eigenvalue weighted by Gasteiger charge is 2.20. The molecule has 4 rings (SSSR count). The van der Waals surface area contributed by atoms with Crippen molar-refractivity contribution in [1.82, 2.24) is 19.7 Å². The molecule has 1 aromatic carbocycles. The van der Waals surface area contributed by atoms with Gasteiger partial charge in [-0.2, -0.15) is 0 Å². The summed E-state index contributed by atoms with van der Waals surface area (Å²) in [6.07, 6.45) is 9.46. The minimum absolute atomic E-state index is 0.0737. The molecule has 26 heavy (non-hydrogen) atoms. The molecule has 0 atom stereocenters. The monoisotopic (exact) mass is 349 g/mol. The summed E-state index contributed by atoms with van der Waals surface area (Å²) in [6, 6.07) is 10.9. The van der Waals surface area contributed by atoms with Crippen LogP contribution in [0.4, 0.5) is 11.5 Å². The van der Waals surface area contributed by atoms with E-state index in [4.69, 9.17) is 4.74 Å². The summed E-state index contributed by atoms with van der Waals surface area (Å²) >= 11 is 0. The van der Waals surface area contributed by atoms with Gasteiger partial charge in [-0.05, 0) is 62.1 Å². The van der Waals surface area contributed by atoms with Gasteiger partial charge >= 0.3 is 5.97 Å². The first-order valence-electron chi connectivity index (χ1n) is 8.68. The van der Waals surface area contributed by atoms with E-state index in [2.05, 4.69) is 20.5 Å². The second-order valence-corrected chi connectivity index (χ2v) is 6.26. The molecule has 0 bridgehead atoms. The number of nitrogens with one attached hydrogen (secondary N) is 1. The molecule has 1 fully saturated rings. The zero-order chi connectivity index (χ0) is 17.8. The maximum atomic E-state index is 12.1. The maximum Gasteiger partial charge on any atom is 0.338 e. The van der Waals surface area contributed by atoms with E-state index in [1.165, 1.54) is 0 Å². The highest BCUT2D eigenvalue weighted by atomic mass is 16.5. The average Bonchev–Trinajstić information content (AvgIpc) is 3.37. The van der Waals surface area contributed by atoms with Crippen molar-refractivity contribution in [1.29, 1.82) is 0 Å². The van der Waals surface area contributed by atoms with E-state index in [0.29, 0.717) is 17.2 Å². The average molecular weight is 349 g/mol. The van der Waals surface area contributed by atoms with E-state index < -0.39 is 0 Å². The number of rotatable bonds is 5. The van der Waals surface area contributed by atoms with Crippen LogP contribution >= 0.6 is 0 Å². The predicted molar refractivity (Wildman–Crippen MR) is 96.6 cm³/mol. The lowest BCUT2D eigenvalue weighted by Gasteiger charge is -2.11. The lowest BCUT2D eigenvalue weighted by Crippen LogP contribution is -2.14. The standard InChI is InChI=1S/C19H19N5O2/c25-19(26-16-3-1-2-4-16)14-5-7-15(8-6-14)21-17-9-10-18(23-22-17)24-12-11-20-13-24/h5-13,16H,1-4H2,(H,21,22). The molecule has 2 heterocycles. The Bertz CT molecular complexity index is 854. The molecular weight excluding hydrogens is 330 g/mol. The second kappa shape index (κ2) is 7.35. The Balaban J connectivity index is 1.38. The molecule has 1 N–H and O–H groups in total. The van der Waals surface area contributed by atoms with Crippen LogP contribution in [0.5, 0.6) is 0 Å². The highest BCUT2D eigenvalue weighted by Crippen LogP contribution is 2.23. The Morgan fingerprint density at radius 1 is 1.08 bits per heavy atom. The maximum absolute atomic E-state index is 12.1. The van der Waals surface area contributed by atoms with Gasteiger partial charge < -0.3 is 10.1 Å². The third kappa shape index (κ3) is 3.72. The Morgan fingerprint density at radius 3 is 2.54 bits per heavy atom. The van der Waals surface area contributed by atoms with Crippen LogP contribution in [0.15, 0.2) is 55.1 Å². The molecular formula is C19H19N5O2. The summed E-state index contributed by atoms with van der Waals surface area (Å²) in [5, 5.41) is 11.5. The minimum Gasteiger partial charge on any atom is -0.459 e. The van der Waals surface area contributed by atoms with Crippen molar-refractivity contribution in [3.8, 4) is 5.82 Å². The van der Waals surface area contributed by atoms with Gasteiger partial charge in [0.25, 0.3) is 0 Å². The van der Waals surface area contributed by atoms with Crippen LogP contribution in [0.2, 0.25) is 0 Å². The van der Waals surface area contributed by atoms with Crippen molar-refractivity contribution in [2.75, 3.05) is 5.32 Å². The fourth-order valence-corrected chi connectivity index (χ4v) is 2.99. The van der Waals surface area contributed by atoms with E-state index in [1.54, 1.807) is 35.4 Å². The quantitative estimate of drug-likeness (QED) is 0.710. The molecule has 0 aliphatic heterocycles. The molecule has 0 spiro atoms. The minimum atomic E-state index is -0.257. The topological polar surface area (TPSA) is 81.9 Å². The molecule has 1 saturated carbocycles. The molecule has 7 nitrogen and oxygen atoms in total. The molecule has 2 aromatic heterocycles. The number of carbonyl (C=O) groups excluding carboxylic acids is 1.